The van der Waals surface area contributed by atoms with E-state index in [2.05, 4.69) is 10.3 Å². The summed E-state index contributed by atoms with van der Waals surface area (Å²) in [4.78, 5) is 16.9. The molecule has 132 valence electrons. The highest BCUT2D eigenvalue weighted by Gasteiger charge is 2.31. The van der Waals surface area contributed by atoms with Crippen LogP contribution in [0.15, 0.2) is 17.6 Å². The second kappa shape index (κ2) is 7.07. The quantitative estimate of drug-likeness (QED) is 0.841. The van der Waals surface area contributed by atoms with Crippen LogP contribution in [-0.4, -0.2) is 33.2 Å². The number of aliphatic hydroxyl groups is 1. The third kappa shape index (κ3) is 3.70. The lowest BCUT2D eigenvalue weighted by Gasteiger charge is -2.33. The molecule has 6 heteroatoms. The Morgan fingerprint density at radius 3 is 2.62 bits per heavy atom. The molecule has 1 atom stereocenters. The fraction of sp³-hybridized carbons (Fsp3) is 0.556. The van der Waals surface area contributed by atoms with Gasteiger partial charge in [0.2, 0.25) is 0 Å². The lowest BCUT2D eigenvalue weighted by atomic mass is 9.80. The molecule has 2 N–H and O–H groups in total. The van der Waals surface area contributed by atoms with Crippen LogP contribution in [0, 0.1) is 25.2 Å². The van der Waals surface area contributed by atoms with Crippen molar-refractivity contribution in [2.24, 2.45) is 11.3 Å². The first-order chi connectivity index (χ1) is 11.1. The lowest BCUT2D eigenvalue weighted by molar-refractivity contribution is 0.0138. The number of carbonyl (C=O) groups is 1. The number of hydrogen-bond donors (Lipinski definition) is 2. The number of carbonyl (C=O) groups excluding carboxylic acids is 1. The summed E-state index contributed by atoms with van der Waals surface area (Å²) in [5.74, 6) is 0.0295. The van der Waals surface area contributed by atoms with Gasteiger partial charge in [-0.1, -0.05) is 27.7 Å². The molecule has 2 aromatic rings. The molecule has 0 aliphatic heterocycles. The van der Waals surface area contributed by atoms with E-state index in [1.807, 2.05) is 57.6 Å². The van der Waals surface area contributed by atoms with Crippen molar-refractivity contribution in [3.63, 3.8) is 0 Å². The summed E-state index contributed by atoms with van der Waals surface area (Å²) in [5.41, 5.74) is 2.12. The number of aliphatic hydroxyl groups excluding tert-OH is 1. The molecule has 24 heavy (non-hydrogen) atoms. The standard InChI is InChI=1S/C18H27N3O2S/c1-11(2)15(22)18(5,6)10-20-16(23)14-9-12(3)21(13(14)4)17-19-7-8-24-17/h7-9,11,15,22H,10H2,1-6H3,(H,20,23). The van der Waals surface area contributed by atoms with Crippen LogP contribution in [0.25, 0.3) is 5.13 Å². The van der Waals surface area contributed by atoms with Gasteiger partial charge in [-0.2, -0.15) is 0 Å². The second-order valence-corrected chi connectivity index (χ2v) is 8.17. The predicted molar refractivity (Wildman–Crippen MR) is 97.9 cm³/mol. The van der Waals surface area contributed by atoms with Crippen LogP contribution in [-0.2, 0) is 0 Å². The summed E-state index contributed by atoms with van der Waals surface area (Å²) in [5, 5.41) is 16.1. The maximum atomic E-state index is 12.6. The van der Waals surface area contributed by atoms with Crippen molar-refractivity contribution in [1.29, 1.82) is 0 Å². The zero-order valence-corrected chi connectivity index (χ0v) is 16.1. The van der Waals surface area contributed by atoms with E-state index in [4.69, 9.17) is 0 Å². The first-order valence-electron chi connectivity index (χ1n) is 8.20. The summed E-state index contributed by atoms with van der Waals surface area (Å²) in [7, 11) is 0. The molecule has 0 saturated carbocycles. The van der Waals surface area contributed by atoms with Gasteiger partial charge in [0.25, 0.3) is 5.91 Å². The predicted octanol–water partition coefficient (Wildman–Crippen LogP) is 3.32. The molecule has 0 bridgehead atoms. The van der Waals surface area contributed by atoms with Gasteiger partial charge in [0, 0.05) is 34.9 Å². The molecule has 0 spiro atoms. The molecule has 5 nitrogen and oxygen atoms in total. The van der Waals surface area contributed by atoms with Gasteiger partial charge in [-0.25, -0.2) is 4.98 Å². The van der Waals surface area contributed by atoms with E-state index < -0.39 is 6.10 Å². The third-order valence-electron chi connectivity index (χ3n) is 4.42. The Bertz CT molecular complexity index is 702. The Hall–Kier alpha value is -1.66. The van der Waals surface area contributed by atoms with Gasteiger partial charge in [-0.15, -0.1) is 11.3 Å². The number of thiazole rings is 1. The molecule has 0 fully saturated rings. The first kappa shape index (κ1) is 18.7. The van der Waals surface area contributed by atoms with Gasteiger partial charge in [0.1, 0.15) is 0 Å². The molecule has 2 rings (SSSR count). The normalized spacial score (nSPS) is 13.3. The Morgan fingerprint density at radius 1 is 1.42 bits per heavy atom. The molecule has 2 heterocycles. The number of rotatable bonds is 6. The molecular formula is C18H27N3O2S. The second-order valence-electron chi connectivity index (χ2n) is 7.30. The molecule has 0 radical (unpaired) electrons. The fourth-order valence-electron chi connectivity index (χ4n) is 3.02. The summed E-state index contributed by atoms with van der Waals surface area (Å²) >= 11 is 1.54. The summed E-state index contributed by atoms with van der Waals surface area (Å²) in [6, 6.07) is 1.89. The Balaban J connectivity index is 2.16. The number of nitrogens with one attached hydrogen (secondary N) is 1. The number of aryl methyl sites for hydroxylation is 1. The van der Waals surface area contributed by atoms with Crippen molar-refractivity contribution in [3.05, 3.63) is 34.6 Å². The van der Waals surface area contributed by atoms with Crippen LogP contribution in [0.4, 0.5) is 0 Å². The molecule has 1 unspecified atom stereocenters. The van der Waals surface area contributed by atoms with Gasteiger partial charge in [0.05, 0.1) is 11.7 Å². The zero-order chi connectivity index (χ0) is 18.1. The maximum Gasteiger partial charge on any atom is 0.253 e. The molecule has 0 aliphatic rings. The highest BCUT2D eigenvalue weighted by Crippen LogP contribution is 2.26. The zero-order valence-electron chi connectivity index (χ0n) is 15.3. The van der Waals surface area contributed by atoms with Crippen LogP contribution >= 0.6 is 11.3 Å². The molecule has 0 saturated heterocycles. The van der Waals surface area contributed by atoms with Crippen LogP contribution < -0.4 is 5.32 Å². The van der Waals surface area contributed by atoms with Gasteiger partial charge in [0.15, 0.2) is 5.13 Å². The minimum atomic E-state index is -0.472. The molecular weight excluding hydrogens is 322 g/mol. The van der Waals surface area contributed by atoms with E-state index >= 15 is 0 Å². The molecule has 0 aromatic carbocycles. The number of amides is 1. The number of aromatic nitrogens is 2. The summed E-state index contributed by atoms with van der Waals surface area (Å²) in [6.45, 7) is 12.2. The van der Waals surface area contributed by atoms with Crippen LogP contribution in [0.5, 0.6) is 0 Å². The van der Waals surface area contributed by atoms with Gasteiger partial charge in [-0.05, 0) is 25.8 Å². The van der Waals surface area contributed by atoms with Crippen LogP contribution in [0.2, 0.25) is 0 Å². The Morgan fingerprint density at radius 2 is 2.08 bits per heavy atom. The average molecular weight is 350 g/mol. The fourth-order valence-corrected chi connectivity index (χ4v) is 3.78. The van der Waals surface area contributed by atoms with E-state index in [9.17, 15) is 9.90 Å². The van der Waals surface area contributed by atoms with Crippen molar-refractivity contribution < 1.29 is 9.90 Å². The van der Waals surface area contributed by atoms with E-state index in [1.54, 1.807) is 17.5 Å². The molecule has 0 aliphatic carbocycles. The minimum Gasteiger partial charge on any atom is -0.392 e. The average Bonchev–Trinajstić information content (AvgIpc) is 3.12. The number of hydrogen-bond acceptors (Lipinski definition) is 4. The van der Waals surface area contributed by atoms with E-state index in [0.717, 1.165) is 16.5 Å². The van der Waals surface area contributed by atoms with Crippen molar-refractivity contribution >= 4 is 17.2 Å². The van der Waals surface area contributed by atoms with E-state index in [0.29, 0.717) is 12.1 Å². The topological polar surface area (TPSA) is 67.2 Å². The monoisotopic (exact) mass is 349 g/mol. The third-order valence-corrected chi connectivity index (χ3v) is 5.18. The highest BCUT2D eigenvalue weighted by atomic mass is 32.1. The molecule has 2 aromatic heterocycles. The largest absolute Gasteiger partial charge is 0.392 e. The summed E-state index contributed by atoms with van der Waals surface area (Å²) in [6.07, 6.45) is 1.29. The van der Waals surface area contributed by atoms with E-state index in [1.165, 1.54) is 0 Å². The van der Waals surface area contributed by atoms with Crippen molar-refractivity contribution in [3.8, 4) is 5.13 Å². The van der Waals surface area contributed by atoms with Crippen LogP contribution in [0.3, 0.4) is 0 Å². The minimum absolute atomic E-state index is 0.116. The van der Waals surface area contributed by atoms with Gasteiger partial charge < -0.3 is 10.4 Å². The van der Waals surface area contributed by atoms with Crippen molar-refractivity contribution in [2.45, 2.75) is 47.6 Å². The first-order valence-corrected chi connectivity index (χ1v) is 9.08. The SMILES string of the molecule is Cc1cc(C(=O)NCC(C)(C)C(O)C(C)C)c(C)n1-c1nccs1. The van der Waals surface area contributed by atoms with Crippen molar-refractivity contribution in [2.75, 3.05) is 6.54 Å². The Kier molecular flexibility index (Phi) is 5.50. The smallest absolute Gasteiger partial charge is 0.253 e. The van der Waals surface area contributed by atoms with Gasteiger partial charge >= 0.3 is 0 Å². The highest BCUT2D eigenvalue weighted by molar-refractivity contribution is 7.12. The molecule has 1 amide bonds. The van der Waals surface area contributed by atoms with E-state index in [-0.39, 0.29) is 17.2 Å². The summed E-state index contributed by atoms with van der Waals surface area (Å²) < 4.78 is 1.99. The lowest BCUT2D eigenvalue weighted by Crippen LogP contribution is -2.43. The van der Waals surface area contributed by atoms with Gasteiger partial charge in [-0.3, -0.25) is 9.36 Å². The number of nitrogens with zero attached hydrogens (tertiary/aromatic N) is 2. The maximum absolute atomic E-state index is 12.6. The van der Waals surface area contributed by atoms with Crippen molar-refractivity contribution in [1.82, 2.24) is 14.9 Å². The Labute approximate surface area is 147 Å². The van der Waals surface area contributed by atoms with Crippen LogP contribution in [0.1, 0.15) is 49.4 Å².